The molecule has 1 aromatic heterocycles. The molecule has 2 rings (SSSR count). The van der Waals surface area contributed by atoms with E-state index in [0.717, 1.165) is 17.0 Å². The fraction of sp³-hybridized carbons (Fsp3) is 0.0909. The number of rotatable bonds is 1. The summed E-state index contributed by atoms with van der Waals surface area (Å²) in [7, 11) is 0. The number of aromatic nitrogens is 2. The molecule has 0 saturated carbocycles. The van der Waals surface area contributed by atoms with E-state index < -0.39 is 0 Å². The Balaban J connectivity index is 2.65. The molecule has 0 aliphatic rings. The van der Waals surface area contributed by atoms with E-state index in [4.69, 9.17) is 11.5 Å². The number of nitrogen functional groups attached to an aromatic ring is 2. The van der Waals surface area contributed by atoms with Gasteiger partial charge >= 0.3 is 0 Å². The summed E-state index contributed by atoms with van der Waals surface area (Å²) in [6.07, 6.45) is 3.30. The Kier molecular flexibility index (Phi) is 2.25. The van der Waals surface area contributed by atoms with Gasteiger partial charge in [0.1, 0.15) is 0 Å². The van der Waals surface area contributed by atoms with Crippen LogP contribution in [-0.4, -0.2) is 9.97 Å². The summed E-state index contributed by atoms with van der Waals surface area (Å²) in [5, 5.41) is 0. The van der Waals surface area contributed by atoms with E-state index >= 15 is 0 Å². The first-order valence-corrected chi connectivity index (χ1v) is 4.62. The summed E-state index contributed by atoms with van der Waals surface area (Å²) in [4.78, 5) is 8.42. The average Bonchev–Trinajstić information content (AvgIpc) is 2.23. The van der Waals surface area contributed by atoms with E-state index in [1.54, 1.807) is 18.5 Å². The minimum Gasteiger partial charge on any atom is -0.397 e. The highest BCUT2D eigenvalue weighted by Gasteiger charge is 2.08. The molecular weight excluding hydrogens is 188 g/mol. The molecule has 4 N–H and O–H groups in total. The molecule has 0 fully saturated rings. The second-order valence-electron chi connectivity index (χ2n) is 3.30. The molecule has 4 nitrogen and oxygen atoms in total. The van der Waals surface area contributed by atoms with Crippen molar-refractivity contribution in [3.8, 4) is 11.3 Å². The van der Waals surface area contributed by atoms with Crippen molar-refractivity contribution in [2.45, 2.75) is 6.92 Å². The Morgan fingerprint density at radius 3 is 2.53 bits per heavy atom. The Bertz CT molecular complexity index is 494. The zero-order chi connectivity index (χ0) is 10.8. The Morgan fingerprint density at radius 1 is 1.07 bits per heavy atom. The number of anilines is 2. The normalized spacial score (nSPS) is 10.2. The highest BCUT2D eigenvalue weighted by Crippen LogP contribution is 2.29. The van der Waals surface area contributed by atoms with E-state index in [-0.39, 0.29) is 0 Å². The van der Waals surface area contributed by atoms with Gasteiger partial charge in [0.05, 0.1) is 22.8 Å². The maximum atomic E-state index is 5.89. The summed E-state index contributed by atoms with van der Waals surface area (Å²) in [5.41, 5.74) is 15.2. The summed E-state index contributed by atoms with van der Waals surface area (Å²) >= 11 is 0. The number of hydrogen-bond donors (Lipinski definition) is 2. The average molecular weight is 200 g/mol. The summed E-state index contributed by atoms with van der Waals surface area (Å²) in [5.74, 6) is 0. The van der Waals surface area contributed by atoms with E-state index in [1.165, 1.54) is 0 Å². The van der Waals surface area contributed by atoms with Crippen molar-refractivity contribution in [1.29, 1.82) is 0 Å². The van der Waals surface area contributed by atoms with E-state index in [0.29, 0.717) is 11.4 Å². The molecule has 0 amide bonds. The maximum Gasteiger partial charge on any atom is 0.0935 e. The zero-order valence-electron chi connectivity index (χ0n) is 8.44. The van der Waals surface area contributed by atoms with Crippen molar-refractivity contribution in [3.63, 3.8) is 0 Å². The number of nitrogens with zero attached hydrogens (tertiary/aromatic N) is 2. The number of aryl methyl sites for hydroxylation is 1. The van der Waals surface area contributed by atoms with Gasteiger partial charge in [-0.2, -0.15) is 0 Å². The molecule has 0 bridgehead atoms. The topological polar surface area (TPSA) is 77.8 Å². The van der Waals surface area contributed by atoms with Gasteiger partial charge < -0.3 is 11.5 Å². The summed E-state index contributed by atoms with van der Waals surface area (Å²) < 4.78 is 0. The fourth-order valence-electron chi connectivity index (χ4n) is 1.46. The third kappa shape index (κ3) is 1.61. The van der Waals surface area contributed by atoms with Crippen LogP contribution in [0.5, 0.6) is 0 Å². The molecule has 1 aromatic carbocycles. The minimum atomic E-state index is 0.557. The van der Waals surface area contributed by atoms with Gasteiger partial charge in [-0.25, -0.2) is 0 Å². The molecule has 0 atom stereocenters. The Morgan fingerprint density at radius 2 is 1.80 bits per heavy atom. The highest BCUT2D eigenvalue weighted by molar-refractivity contribution is 5.83. The molecule has 2 aromatic rings. The van der Waals surface area contributed by atoms with E-state index in [1.807, 2.05) is 19.1 Å². The van der Waals surface area contributed by atoms with Crippen molar-refractivity contribution in [2.24, 2.45) is 0 Å². The number of nitrogens with two attached hydrogens (primary N) is 2. The van der Waals surface area contributed by atoms with Gasteiger partial charge in [0, 0.05) is 18.0 Å². The van der Waals surface area contributed by atoms with Crippen LogP contribution in [0.1, 0.15) is 5.69 Å². The van der Waals surface area contributed by atoms with Crippen LogP contribution in [0.2, 0.25) is 0 Å². The van der Waals surface area contributed by atoms with Crippen molar-refractivity contribution in [3.05, 3.63) is 36.3 Å². The van der Waals surface area contributed by atoms with Crippen LogP contribution in [0.3, 0.4) is 0 Å². The number of benzene rings is 1. The third-order valence-electron chi connectivity index (χ3n) is 2.28. The van der Waals surface area contributed by atoms with Crippen molar-refractivity contribution >= 4 is 11.4 Å². The zero-order valence-corrected chi connectivity index (χ0v) is 8.44. The second kappa shape index (κ2) is 3.57. The molecule has 0 spiro atoms. The molecule has 0 aliphatic carbocycles. The van der Waals surface area contributed by atoms with Crippen LogP contribution in [0.4, 0.5) is 11.4 Å². The van der Waals surface area contributed by atoms with Crippen LogP contribution < -0.4 is 11.5 Å². The lowest BCUT2D eigenvalue weighted by Gasteiger charge is -2.08. The molecule has 1 heterocycles. The molecule has 0 aliphatic heterocycles. The van der Waals surface area contributed by atoms with Gasteiger partial charge in [-0.15, -0.1) is 0 Å². The molecule has 4 heteroatoms. The van der Waals surface area contributed by atoms with Crippen LogP contribution in [0, 0.1) is 6.92 Å². The van der Waals surface area contributed by atoms with Crippen molar-refractivity contribution in [2.75, 3.05) is 11.5 Å². The van der Waals surface area contributed by atoms with Gasteiger partial charge in [-0.3, -0.25) is 9.97 Å². The van der Waals surface area contributed by atoms with Crippen LogP contribution in [0.15, 0.2) is 30.6 Å². The summed E-state index contributed by atoms with van der Waals surface area (Å²) in [6.45, 7) is 1.89. The first-order valence-electron chi connectivity index (χ1n) is 4.62. The highest BCUT2D eigenvalue weighted by atomic mass is 14.8. The van der Waals surface area contributed by atoms with Gasteiger partial charge in [0.2, 0.25) is 0 Å². The van der Waals surface area contributed by atoms with Gasteiger partial charge in [-0.05, 0) is 13.0 Å². The smallest absolute Gasteiger partial charge is 0.0935 e. The SMILES string of the molecule is Cc1nccnc1-c1cccc(N)c1N. The first kappa shape index (κ1) is 9.45. The Labute approximate surface area is 88.0 Å². The largest absolute Gasteiger partial charge is 0.397 e. The predicted octanol–water partition coefficient (Wildman–Crippen LogP) is 1.62. The number of para-hydroxylation sites is 1. The predicted molar refractivity (Wildman–Crippen MR) is 61.0 cm³/mol. The molecular formula is C11H12N4. The lowest BCUT2D eigenvalue weighted by molar-refractivity contribution is 1.12. The number of hydrogen-bond acceptors (Lipinski definition) is 4. The lowest BCUT2D eigenvalue weighted by atomic mass is 10.1. The Hall–Kier alpha value is -2.10. The maximum absolute atomic E-state index is 5.89. The summed E-state index contributed by atoms with van der Waals surface area (Å²) in [6, 6.07) is 5.52. The minimum absolute atomic E-state index is 0.557. The van der Waals surface area contributed by atoms with Crippen LogP contribution >= 0.6 is 0 Å². The third-order valence-corrected chi connectivity index (χ3v) is 2.28. The van der Waals surface area contributed by atoms with Gasteiger partial charge in [0.25, 0.3) is 0 Å². The molecule has 76 valence electrons. The van der Waals surface area contributed by atoms with Gasteiger partial charge in [-0.1, -0.05) is 12.1 Å². The van der Waals surface area contributed by atoms with E-state index in [9.17, 15) is 0 Å². The fourth-order valence-corrected chi connectivity index (χ4v) is 1.46. The molecule has 15 heavy (non-hydrogen) atoms. The van der Waals surface area contributed by atoms with Crippen LogP contribution in [0.25, 0.3) is 11.3 Å². The molecule has 0 saturated heterocycles. The van der Waals surface area contributed by atoms with Crippen molar-refractivity contribution in [1.82, 2.24) is 9.97 Å². The van der Waals surface area contributed by atoms with Crippen molar-refractivity contribution < 1.29 is 0 Å². The lowest BCUT2D eigenvalue weighted by Crippen LogP contribution is -1.99. The monoisotopic (exact) mass is 200 g/mol. The van der Waals surface area contributed by atoms with Gasteiger partial charge in [0.15, 0.2) is 0 Å². The van der Waals surface area contributed by atoms with Crippen LogP contribution in [-0.2, 0) is 0 Å². The quantitative estimate of drug-likeness (QED) is 0.685. The standard InChI is InChI=1S/C11H12N4/c1-7-11(15-6-5-14-7)8-3-2-4-9(12)10(8)13/h2-6H,12-13H2,1H3. The van der Waals surface area contributed by atoms with E-state index in [2.05, 4.69) is 9.97 Å². The second-order valence-corrected chi connectivity index (χ2v) is 3.30. The molecule has 0 radical (unpaired) electrons. The molecule has 0 unspecified atom stereocenters. The first-order chi connectivity index (χ1) is 7.20.